The van der Waals surface area contributed by atoms with Crippen LogP contribution < -0.4 is 26.0 Å². The summed E-state index contributed by atoms with van der Waals surface area (Å²) in [5, 5.41) is 28.1. The van der Waals surface area contributed by atoms with Crippen molar-refractivity contribution in [3.63, 3.8) is 0 Å². The molecule has 1 aliphatic rings. The number of hydrogen-bond acceptors (Lipinski definition) is 9. The molecule has 274 valence electrons. The van der Waals surface area contributed by atoms with Crippen molar-refractivity contribution in [3.8, 4) is 17.1 Å². The molecule has 0 radical (unpaired) electrons. The minimum absolute atomic E-state index is 0.0414. The first-order chi connectivity index (χ1) is 24.5. The number of carbonyl (C=O) groups is 5. The summed E-state index contributed by atoms with van der Waals surface area (Å²) < 4.78 is 5.68. The molecule has 1 aromatic heterocycles. The van der Waals surface area contributed by atoms with E-state index >= 15 is 0 Å². The smallest absolute Gasteiger partial charge is 0.257 e. The number of benzene rings is 2. The molecule has 2 aromatic carbocycles. The van der Waals surface area contributed by atoms with Gasteiger partial charge in [-0.1, -0.05) is 38.1 Å². The van der Waals surface area contributed by atoms with E-state index in [0.717, 1.165) is 5.56 Å². The number of aliphatic hydroxyl groups excluding tert-OH is 1. The van der Waals surface area contributed by atoms with Gasteiger partial charge in [-0.05, 0) is 68.4 Å². The molecule has 0 fully saturated rings. The third-order valence-corrected chi connectivity index (χ3v) is 8.24. The molecule has 4 rings (SSSR count). The Morgan fingerprint density at radius 1 is 0.922 bits per heavy atom. The molecule has 2 heterocycles. The van der Waals surface area contributed by atoms with Gasteiger partial charge in [-0.3, -0.25) is 29.1 Å². The third-order valence-electron chi connectivity index (χ3n) is 8.24. The first-order valence-corrected chi connectivity index (χ1v) is 17.3. The molecule has 15 heteroatoms. The van der Waals surface area contributed by atoms with Crippen LogP contribution in [-0.4, -0.2) is 106 Å². The Balaban J connectivity index is 1.48. The molecule has 3 atom stereocenters. The minimum atomic E-state index is -1.24. The highest BCUT2D eigenvalue weighted by Gasteiger charge is 2.30. The van der Waals surface area contributed by atoms with E-state index in [1.807, 2.05) is 13.8 Å². The standard InChI is InChI=1S/C36H48N8O7/c1-23(2)18-29-34(48)42-32(24(3)45)35(49)38-14-4-5-16-44(36(50)27-12-10-26(11-13-27)33-39-22-40-43-33)17-7-15-37-31(47)21-51-28-9-6-8-25(19-28)20-30(46)41-29/h6,8-13,19,22-24,29,32,45H,4-5,7,14-18,20-21H2,1-3H3,(H,37,47)(H,38,49)(H,41,46)(H,42,48)(H,39,40,43)/t24-,29-,32+/m1/s1. The maximum atomic E-state index is 13.6. The predicted molar refractivity (Wildman–Crippen MR) is 188 cm³/mol. The highest BCUT2D eigenvalue weighted by atomic mass is 16.5. The topological polar surface area (TPSA) is 208 Å². The summed E-state index contributed by atoms with van der Waals surface area (Å²) in [6.45, 7) is 6.31. The van der Waals surface area contributed by atoms with Crippen LogP contribution in [0.2, 0.25) is 0 Å². The van der Waals surface area contributed by atoms with Crippen LogP contribution in [-0.2, 0) is 25.6 Å². The van der Waals surface area contributed by atoms with E-state index in [1.54, 1.807) is 53.4 Å². The molecule has 0 aliphatic carbocycles. The van der Waals surface area contributed by atoms with Crippen molar-refractivity contribution in [2.75, 3.05) is 32.8 Å². The molecule has 2 bridgehead atoms. The lowest BCUT2D eigenvalue weighted by molar-refractivity contribution is -0.134. The number of hydrogen-bond donors (Lipinski definition) is 6. The number of nitrogens with one attached hydrogen (secondary N) is 5. The van der Waals surface area contributed by atoms with Crippen molar-refractivity contribution in [2.24, 2.45) is 5.92 Å². The Labute approximate surface area is 297 Å². The highest BCUT2D eigenvalue weighted by Crippen LogP contribution is 2.17. The second-order valence-corrected chi connectivity index (χ2v) is 13.0. The monoisotopic (exact) mass is 704 g/mol. The predicted octanol–water partition coefficient (Wildman–Crippen LogP) is 1.35. The SMILES string of the molecule is CC(C)C[C@H]1NC(=O)Cc2cccc(c2)OCC(=O)NCCCN(C(=O)c2ccc(-c3ncn[nH]3)cc2)CCCCNC(=O)[C@H]([C@@H](C)O)NC1=O. The second kappa shape index (κ2) is 19.2. The number of amides is 5. The second-order valence-electron chi connectivity index (χ2n) is 13.0. The lowest BCUT2D eigenvalue weighted by Crippen LogP contribution is -2.57. The summed E-state index contributed by atoms with van der Waals surface area (Å²) in [4.78, 5) is 71.5. The van der Waals surface area contributed by atoms with Gasteiger partial charge in [-0.25, -0.2) is 4.98 Å². The van der Waals surface area contributed by atoms with Gasteiger partial charge in [-0.15, -0.1) is 0 Å². The number of carbonyl (C=O) groups excluding carboxylic acids is 5. The molecule has 1 aliphatic heterocycles. The van der Waals surface area contributed by atoms with Crippen molar-refractivity contribution in [1.82, 2.24) is 41.3 Å². The molecule has 5 amide bonds. The van der Waals surface area contributed by atoms with E-state index in [9.17, 15) is 29.1 Å². The fourth-order valence-corrected chi connectivity index (χ4v) is 5.60. The van der Waals surface area contributed by atoms with Crippen molar-refractivity contribution in [1.29, 1.82) is 0 Å². The van der Waals surface area contributed by atoms with Crippen LogP contribution >= 0.6 is 0 Å². The van der Waals surface area contributed by atoms with Crippen LogP contribution in [0.4, 0.5) is 0 Å². The highest BCUT2D eigenvalue weighted by molar-refractivity contribution is 5.95. The maximum absolute atomic E-state index is 13.6. The number of rotatable bonds is 5. The van der Waals surface area contributed by atoms with Gasteiger partial charge in [0.1, 0.15) is 24.2 Å². The third kappa shape index (κ3) is 12.2. The Hall–Kier alpha value is -5.31. The first-order valence-electron chi connectivity index (χ1n) is 17.3. The van der Waals surface area contributed by atoms with Gasteiger partial charge in [0.25, 0.3) is 11.8 Å². The molecule has 3 aromatic rings. The summed E-state index contributed by atoms with van der Waals surface area (Å²) in [7, 11) is 0. The van der Waals surface area contributed by atoms with Crippen LogP contribution in [0.25, 0.3) is 11.4 Å². The number of H-pyrrole nitrogens is 1. The van der Waals surface area contributed by atoms with Gasteiger partial charge in [-0.2, -0.15) is 5.10 Å². The number of aromatic amines is 1. The lowest BCUT2D eigenvalue weighted by Gasteiger charge is -2.26. The average Bonchev–Trinajstić information content (AvgIpc) is 3.64. The van der Waals surface area contributed by atoms with E-state index < -0.39 is 35.9 Å². The summed E-state index contributed by atoms with van der Waals surface area (Å²) >= 11 is 0. The molecule has 51 heavy (non-hydrogen) atoms. The average molecular weight is 705 g/mol. The van der Waals surface area contributed by atoms with Gasteiger partial charge in [0.05, 0.1) is 12.5 Å². The molecule has 0 saturated carbocycles. The van der Waals surface area contributed by atoms with Gasteiger partial charge in [0, 0.05) is 37.3 Å². The summed E-state index contributed by atoms with van der Waals surface area (Å²) in [6, 6.07) is 11.6. The molecule has 0 unspecified atom stereocenters. The van der Waals surface area contributed by atoms with E-state index in [0.29, 0.717) is 68.0 Å². The van der Waals surface area contributed by atoms with E-state index in [-0.39, 0.29) is 37.3 Å². The molecule has 0 saturated heterocycles. The van der Waals surface area contributed by atoms with Crippen LogP contribution in [0.3, 0.4) is 0 Å². The van der Waals surface area contributed by atoms with E-state index in [4.69, 9.17) is 4.74 Å². The summed E-state index contributed by atoms with van der Waals surface area (Å²) in [5.74, 6) is -1.04. The Morgan fingerprint density at radius 3 is 2.37 bits per heavy atom. The number of ether oxygens (including phenoxy) is 1. The van der Waals surface area contributed by atoms with Gasteiger partial charge in [0.15, 0.2) is 12.4 Å². The summed E-state index contributed by atoms with van der Waals surface area (Å²) in [5.41, 5.74) is 1.89. The van der Waals surface area contributed by atoms with Crippen molar-refractivity contribution in [2.45, 2.75) is 71.1 Å². The normalized spacial score (nSPS) is 19.8. The number of aromatic nitrogens is 3. The zero-order valence-corrected chi connectivity index (χ0v) is 29.3. The zero-order chi connectivity index (χ0) is 36.8. The Morgan fingerprint density at radius 2 is 1.67 bits per heavy atom. The maximum Gasteiger partial charge on any atom is 0.257 e. The van der Waals surface area contributed by atoms with Crippen LogP contribution in [0.1, 0.15) is 62.4 Å². The van der Waals surface area contributed by atoms with Crippen molar-refractivity contribution >= 4 is 29.5 Å². The molecule has 6 N–H and O–H groups in total. The van der Waals surface area contributed by atoms with Crippen LogP contribution in [0.5, 0.6) is 5.75 Å². The first kappa shape index (κ1) is 38.5. The molecular formula is C36H48N8O7. The minimum Gasteiger partial charge on any atom is -0.484 e. The van der Waals surface area contributed by atoms with Gasteiger partial charge >= 0.3 is 0 Å². The molecule has 15 nitrogen and oxygen atoms in total. The van der Waals surface area contributed by atoms with Gasteiger partial charge < -0.3 is 36.0 Å². The zero-order valence-electron chi connectivity index (χ0n) is 29.3. The van der Waals surface area contributed by atoms with Crippen molar-refractivity contribution < 1.29 is 33.8 Å². The van der Waals surface area contributed by atoms with Crippen LogP contribution in [0, 0.1) is 5.92 Å². The fourth-order valence-electron chi connectivity index (χ4n) is 5.60. The number of fused-ring (bicyclic) bond motifs is 2. The van der Waals surface area contributed by atoms with E-state index in [2.05, 4.69) is 36.4 Å². The van der Waals surface area contributed by atoms with E-state index in [1.165, 1.54) is 13.3 Å². The van der Waals surface area contributed by atoms with Crippen molar-refractivity contribution in [3.05, 3.63) is 66.0 Å². The van der Waals surface area contributed by atoms with Crippen LogP contribution in [0.15, 0.2) is 54.9 Å². The largest absolute Gasteiger partial charge is 0.484 e. The fraction of sp³-hybridized carbons (Fsp3) is 0.472. The molecular weight excluding hydrogens is 656 g/mol. The molecule has 0 spiro atoms. The number of aliphatic hydroxyl groups is 1. The number of nitrogens with zero attached hydrogens (tertiary/aromatic N) is 3. The quantitative estimate of drug-likeness (QED) is 0.226. The summed E-state index contributed by atoms with van der Waals surface area (Å²) in [6.07, 6.45) is 2.02. The Kier molecular flexibility index (Phi) is 14.5. The Bertz CT molecular complexity index is 1610. The lowest BCUT2D eigenvalue weighted by atomic mass is 10.0. The van der Waals surface area contributed by atoms with Gasteiger partial charge in [0.2, 0.25) is 17.7 Å².